The Morgan fingerprint density at radius 3 is 3.19 bits per heavy atom. The lowest BCUT2D eigenvalue weighted by atomic mass is 10.2. The Kier molecular flexibility index (Phi) is 2.33. The van der Waals surface area contributed by atoms with Gasteiger partial charge in [-0.3, -0.25) is 4.40 Å². The maximum Gasteiger partial charge on any atom is 0.235 e. The third kappa shape index (κ3) is 1.49. The van der Waals surface area contributed by atoms with Crippen LogP contribution < -0.4 is 5.32 Å². The summed E-state index contributed by atoms with van der Waals surface area (Å²) in [5, 5.41) is 4.01. The van der Waals surface area contributed by atoms with Gasteiger partial charge in [-0.2, -0.15) is 4.98 Å². The highest BCUT2D eigenvalue weighted by Crippen LogP contribution is 2.29. The van der Waals surface area contributed by atoms with Crippen molar-refractivity contribution in [2.75, 3.05) is 6.54 Å². The number of imidazole rings is 1. The Bertz CT molecular complexity index is 528. The zero-order valence-electron chi connectivity index (χ0n) is 9.07. The molecular weight excluding hydrogens is 224 g/mol. The second-order valence-corrected chi connectivity index (χ2v) is 4.60. The van der Waals surface area contributed by atoms with Gasteiger partial charge < -0.3 is 5.32 Å². The molecule has 2 aromatic heterocycles. The Morgan fingerprint density at radius 1 is 1.56 bits per heavy atom. The molecule has 0 aromatic carbocycles. The predicted octanol–water partition coefficient (Wildman–Crippen LogP) is 2.12. The normalized spacial score (nSPS) is 20.8. The molecule has 0 saturated carbocycles. The molecule has 1 saturated heterocycles. The van der Waals surface area contributed by atoms with E-state index in [0.717, 1.165) is 24.2 Å². The first-order valence-electron chi connectivity index (χ1n) is 5.49. The number of nitrogens with zero attached hydrogens (tertiary/aromatic N) is 3. The highest BCUT2D eigenvalue weighted by Gasteiger charge is 2.23. The van der Waals surface area contributed by atoms with Crippen LogP contribution in [-0.2, 0) is 0 Å². The molecule has 1 unspecified atom stereocenters. The van der Waals surface area contributed by atoms with Crippen LogP contribution in [0.1, 0.15) is 30.1 Å². The summed E-state index contributed by atoms with van der Waals surface area (Å²) in [6.45, 7) is 3.07. The molecule has 1 atom stereocenters. The van der Waals surface area contributed by atoms with E-state index < -0.39 is 0 Å². The van der Waals surface area contributed by atoms with E-state index in [0.29, 0.717) is 17.0 Å². The molecule has 16 heavy (non-hydrogen) atoms. The fourth-order valence-corrected chi connectivity index (χ4v) is 2.55. The number of hydrogen-bond donors (Lipinski definition) is 1. The van der Waals surface area contributed by atoms with Crippen LogP contribution in [0.2, 0.25) is 5.15 Å². The second-order valence-electron chi connectivity index (χ2n) is 4.24. The van der Waals surface area contributed by atoms with Gasteiger partial charge in [-0.05, 0) is 31.9 Å². The Hall–Kier alpha value is -1.13. The topological polar surface area (TPSA) is 42.2 Å². The van der Waals surface area contributed by atoms with Crippen molar-refractivity contribution < 1.29 is 0 Å². The van der Waals surface area contributed by atoms with Crippen LogP contribution in [0.15, 0.2) is 12.4 Å². The van der Waals surface area contributed by atoms with Crippen LogP contribution in [0.4, 0.5) is 0 Å². The minimum absolute atomic E-state index is 0.311. The van der Waals surface area contributed by atoms with Crippen LogP contribution in [0.3, 0.4) is 0 Å². The van der Waals surface area contributed by atoms with Gasteiger partial charge in [0.1, 0.15) is 0 Å². The molecule has 1 aliphatic heterocycles. The number of aryl methyl sites for hydroxylation is 1. The van der Waals surface area contributed by atoms with Crippen LogP contribution in [0.25, 0.3) is 5.78 Å². The highest BCUT2D eigenvalue weighted by molar-refractivity contribution is 6.30. The monoisotopic (exact) mass is 236 g/mol. The molecule has 5 heteroatoms. The lowest BCUT2D eigenvalue weighted by Gasteiger charge is -2.10. The van der Waals surface area contributed by atoms with Gasteiger partial charge in [0.25, 0.3) is 0 Å². The smallest absolute Gasteiger partial charge is 0.235 e. The first-order chi connectivity index (χ1) is 7.75. The molecule has 3 heterocycles. The van der Waals surface area contributed by atoms with Crippen LogP contribution >= 0.6 is 11.6 Å². The van der Waals surface area contributed by atoms with Crippen molar-refractivity contribution in [1.82, 2.24) is 19.7 Å². The summed E-state index contributed by atoms with van der Waals surface area (Å²) in [6, 6.07) is 0.311. The van der Waals surface area contributed by atoms with Crippen LogP contribution in [-0.4, -0.2) is 20.9 Å². The van der Waals surface area contributed by atoms with Gasteiger partial charge >= 0.3 is 0 Å². The van der Waals surface area contributed by atoms with Crippen molar-refractivity contribution in [3.8, 4) is 0 Å². The molecular formula is C11H13ClN4. The van der Waals surface area contributed by atoms with Gasteiger partial charge in [0.05, 0.1) is 11.7 Å². The molecule has 4 nitrogen and oxygen atoms in total. The van der Waals surface area contributed by atoms with Gasteiger partial charge in [-0.25, -0.2) is 4.98 Å². The molecule has 84 valence electrons. The summed E-state index contributed by atoms with van der Waals surface area (Å²) in [6.07, 6.45) is 6.15. The Labute approximate surface area is 98.7 Å². The number of fused-ring (bicyclic) bond motifs is 1. The van der Waals surface area contributed by atoms with Gasteiger partial charge in [-0.15, -0.1) is 0 Å². The summed E-state index contributed by atoms with van der Waals surface area (Å²) < 4.78 is 2.00. The van der Waals surface area contributed by atoms with Crippen LogP contribution in [0.5, 0.6) is 0 Å². The molecule has 1 fully saturated rings. The third-order valence-electron chi connectivity index (χ3n) is 2.99. The summed E-state index contributed by atoms with van der Waals surface area (Å²) in [5.41, 5.74) is 2.16. The maximum atomic E-state index is 6.19. The predicted molar refractivity (Wildman–Crippen MR) is 62.7 cm³/mol. The summed E-state index contributed by atoms with van der Waals surface area (Å²) in [5.74, 6) is 0.680. The van der Waals surface area contributed by atoms with E-state index in [-0.39, 0.29) is 0 Å². The van der Waals surface area contributed by atoms with Crippen molar-refractivity contribution >= 4 is 17.4 Å². The minimum Gasteiger partial charge on any atom is -0.309 e. The lowest BCUT2D eigenvalue weighted by Crippen LogP contribution is -2.15. The van der Waals surface area contributed by atoms with E-state index in [2.05, 4.69) is 15.3 Å². The molecule has 0 aliphatic carbocycles. The van der Waals surface area contributed by atoms with Gasteiger partial charge in [0, 0.05) is 12.4 Å². The largest absolute Gasteiger partial charge is 0.309 e. The zero-order valence-corrected chi connectivity index (χ0v) is 9.83. The molecule has 0 spiro atoms. The third-order valence-corrected chi connectivity index (χ3v) is 3.27. The summed E-state index contributed by atoms with van der Waals surface area (Å²) >= 11 is 6.19. The van der Waals surface area contributed by atoms with Crippen LogP contribution in [0, 0.1) is 6.92 Å². The number of nitrogens with one attached hydrogen (secondary N) is 1. The zero-order chi connectivity index (χ0) is 11.1. The second kappa shape index (κ2) is 3.71. The fourth-order valence-electron chi connectivity index (χ4n) is 2.25. The molecule has 0 radical (unpaired) electrons. The first-order valence-corrected chi connectivity index (χ1v) is 5.87. The SMILES string of the molecule is Cc1cnc2nc(Cl)c(C3CCCN3)n2c1. The van der Waals surface area contributed by atoms with E-state index in [1.807, 2.05) is 23.7 Å². The lowest BCUT2D eigenvalue weighted by molar-refractivity contribution is 0.621. The molecule has 1 aliphatic rings. The van der Waals surface area contributed by atoms with E-state index in [4.69, 9.17) is 11.6 Å². The molecule has 0 bridgehead atoms. The molecule has 2 aromatic rings. The van der Waals surface area contributed by atoms with Gasteiger partial charge in [0.15, 0.2) is 5.15 Å². The quantitative estimate of drug-likeness (QED) is 0.825. The fraction of sp³-hybridized carbons (Fsp3) is 0.455. The van der Waals surface area contributed by atoms with Crippen molar-refractivity contribution in [3.63, 3.8) is 0 Å². The summed E-state index contributed by atoms with van der Waals surface area (Å²) in [7, 11) is 0. The number of aromatic nitrogens is 3. The highest BCUT2D eigenvalue weighted by atomic mass is 35.5. The van der Waals surface area contributed by atoms with E-state index in [9.17, 15) is 0 Å². The molecule has 1 N–H and O–H groups in total. The summed E-state index contributed by atoms with van der Waals surface area (Å²) in [4.78, 5) is 8.55. The Morgan fingerprint density at radius 2 is 2.44 bits per heavy atom. The number of rotatable bonds is 1. The Balaban J connectivity index is 2.20. The van der Waals surface area contributed by atoms with Gasteiger partial charge in [0.2, 0.25) is 5.78 Å². The maximum absolute atomic E-state index is 6.19. The van der Waals surface area contributed by atoms with E-state index in [1.54, 1.807) is 0 Å². The molecule has 3 rings (SSSR count). The van der Waals surface area contributed by atoms with Crippen molar-refractivity contribution in [2.45, 2.75) is 25.8 Å². The molecule has 0 amide bonds. The number of hydrogen-bond acceptors (Lipinski definition) is 3. The van der Waals surface area contributed by atoms with Crippen molar-refractivity contribution in [3.05, 3.63) is 28.8 Å². The number of halogens is 1. The first kappa shape index (κ1) is 10.1. The standard InChI is InChI=1S/C11H13ClN4/c1-7-5-14-11-15-10(12)9(16(11)6-7)8-3-2-4-13-8/h5-6,8,13H,2-4H2,1H3. The average molecular weight is 237 g/mol. The van der Waals surface area contributed by atoms with E-state index >= 15 is 0 Å². The van der Waals surface area contributed by atoms with Gasteiger partial charge in [-0.1, -0.05) is 11.6 Å². The van der Waals surface area contributed by atoms with Crippen molar-refractivity contribution in [1.29, 1.82) is 0 Å². The minimum atomic E-state index is 0.311. The van der Waals surface area contributed by atoms with E-state index in [1.165, 1.54) is 6.42 Å². The van der Waals surface area contributed by atoms with Crippen molar-refractivity contribution in [2.24, 2.45) is 0 Å². The average Bonchev–Trinajstić information content (AvgIpc) is 2.83.